The second-order valence-electron chi connectivity index (χ2n) is 3.87. The zero-order valence-corrected chi connectivity index (χ0v) is 8.87. The molecular formula is C9H13N3O5. The monoisotopic (exact) mass is 243 g/mol. The number of nitrogens with zero attached hydrogens (tertiary/aromatic N) is 1. The smallest absolute Gasteiger partial charge is 0.330 e. The quantitative estimate of drug-likeness (QED) is 0.464. The van der Waals surface area contributed by atoms with Crippen molar-refractivity contribution in [3.63, 3.8) is 0 Å². The van der Waals surface area contributed by atoms with Crippen LogP contribution in [0.3, 0.4) is 0 Å². The van der Waals surface area contributed by atoms with Crippen LogP contribution in [0.25, 0.3) is 0 Å². The lowest BCUT2D eigenvalue weighted by atomic mass is 10.2. The van der Waals surface area contributed by atoms with E-state index < -0.39 is 29.7 Å². The van der Waals surface area contributed by atoms with Crippen molar-refractivity contribution in [2.45, 2.75) is 24.9 Å². The van der Waals surface area contributed by atoms with E-state index in [-0.39, 0.29) is 18.7 Å². The van der Waals surface area contributed by atoms with Gasteiger partial charge in [0, 0.05) is 12.6 Å². The Morgan fingerprint density at radius 1 is 1.59 bits per heavy atom. The van der Waals surface area contributed by atoms with E-state index in [9.17, 15) is 14.7 Å². The number of nitrogens with one attached hydrogen (secondary N) is 1. The van der Waals surface area contributed by atoms with E-state index in [2.05, 4.69) is 0 Å². The molecule has 1 aliphatic rings. The Balaban J connectivity index is 2.34. The summed E-state index contributed by atoms with van der Waals surface area (Å²) < 4.78 is 6.36. The molecule has 94 valence electrons. The number of hydrogen-bond acceptors (Lipinski definition) is 6. The van der Waals surface area contributed by atoms with Crippen LogP contribution >= 0.6 is 0 Å². The first-order valence-electron chi connectivity index (χ1n) is 5.08. The third-order valence-electron chi connectivity index (χ3n) is 2.69. The third kappa shape index (κ3) is 2.09. The van der Waals surface area contributed by atoms with Crippen LogP contribution in [-0.2, 0) is 4.74 Å². The van der Waals surface area contributed by atoms with Gasteiger partial charge in [0.1, 0.15) is 18.0 Å². The Hall–Kier alpha value is -1.64. The molecule has 1 saturated heterocycles. The van der Waals surface area contributed by atoms with E-state index in [0.717, 1.165) is 10.8 Å². The fraction of sp³-hybridized carbons (Fsp3) is 0.556. The summed E-state index contributed by atoms with van der Waals surface area (Å²) >= 11 is 0. The minimum atomic E-state index is -0.856. The van der Waals surface area contributed by atoms with E-state index >= 15 is 0 Å². The van der Waals surface area contributed by atoms with E-state index in [1.165, 1.54) is 0 Å². The molecule has 0 radical (unpaired) electrons. The lowest BCUT2D eigenvalue weighted by Crippen LogP contribution is -2.33. The maximum Gasteiger partial charge on any atom is 0.330 e. The van der Waals surface area contributed by atoms with Crippen molar-refractivity contribution in [3.8, 4) is 0 Å². The van der Waals surface area contributed by atoms with E-state index in [1.54, 1.807) is 0 Å². The van der Waals surface area contributed by atoms with Crippen molar-refractivity contribution in [2.24, 2.45) is 0 Å². The highest BCUT2D eigenvalue weighted by atomic mass is 16.5. The lowest BCUT2D eigenvalue weighted by molar-refractivity contribution is -0.0458. The summed E-state index contributed by atoms with van der Waals surface area (Å²) in [6.45, 7) is -0.342. The number of nitrogen functional groups attached to an aromatic ring is 1. The topological polar surface area (TPSA) is 131 Å². The molecule has 0 spiro atoms. The predicted molar refractivity (Wildman–Crippen MR) is 57.4 cm³/mol. The van der Waals surface area contributed by atoms with Crippen molar-refractivity contribution in [3.05, 3.63) is 27.0 Å². The van der Waals surface area contributed by atoms with Gasteiger partial charge in [0.25, 0.3) is 5.56 Å². The lowest BCUT2D eigenvalue weighted by Gasteiger charge is -2.14. The molecule has 8 heteroatoms. The molecule has 0 saturated carbocycles. The molecule has 2 heterocycles. The Kier molecular flexibility index (Phi) is 3.01. The van der Waals surface area contributed by atoms with Crippen LogP contribution in [0.4, 0.5) is 5.69 Å². The number of aliphatic hydroxyl groups is 2. The van der Waals surface area contributed by atoms with Gasteiger partial charge in [-0.15, -0.1) is 0 Å². The van der Waals surface area contributed by atoms with E-state index in [4.69, 9.17) is 15.6 Å². The van der Waals surface area contributed by atoms with Crippen LogP contribution in [0.15, 0.2) is 15.8 Å². The van der Waals surface area contributed by atoms with Gasteiger partial charge in [0.15, 0.2) is 0 Å². The second kappa shape index (κ2) is 4.32. The van der Waals surface area contributed by atoms with Crippen LogP contribution in [0.1, 0.15) is 12.6 Å². The standard InChI is InChI=1S/C9H13N3O5/c10-4-2-12(9(16)11-8(4)15)7-1-5(14)6(3-13)17-7/h2,5-7,13-14H,1,3,10H2,(H,11,15,16)/t5-,6-,7-/m1/s1. The Morgan fingerprint density at radius 2 is 2.29 bits per heavy atom. The SMILES string of the molecule is Nc1cn([C@H]2C[C@@H](O)[C@@H](CO)O2)c(=O)[nH]c1=O. The van der Waals surface area contributed by atoms with Gasteiger partial charge in [0.05, 0.1) is 12.7 Å². The maximum atomic E-state index is 11.5. The normalized spacial score (nSPS) is 28.5. The first-order chi connectivity index (χ1) is 8.02. The Morgan fingerprint density at radius 3 is 2.88 bits per heavy atom. The Labute approximate surface area is 95.3 Å². The number of rotatable bonds is 2. The fourth-order valence-corrected chi connectivity index (χ4v) is 1.77. The summed E-state index contributed by atoms with van der Waals surface area (Å²) in [5.41, 5.74) is 3.94. The number of anilines is 1. The second-order valence-corrected chi connectivity index (χ2v) is 3.87. The molecule has 17 heavy (non-hydrogen) atoms. The molecule has 0 aliphatic carbocycles. The van der Waals surface area contributed by atoms with Crippen molar-refractivity contribution in [1.29, 1.82) is 0 Å². The molecule has 1 aromatic heterocycles. The molecule has 0 bridgehead atoms. The highest BCUT2D eigenvalue weighted by Crippen LogP contribution is 2.27. The highest BCUT2D eigenvalue weighted by molar-refractivity contribution is 5.30. The molecule has 1 aliphatic heterocycles. The molecule has 5 N–H and O–H groups in total. The number of ether oxygens (including phenoxy) is 1. The number of aliphatic hydroxyl groups excluding tert-OH is 2. The molecule has 0 amide bonds. The van der Waals surface area contributed by atoms with Gasteiger partial charge < -0.3 is 20.7 Å². The number of H-pyrrole nitrogens is 1. The molecule has 0 aromatic carbocycles. The molecule has 1 fully saturated rings. The zero-order chi connectivity index (χ0) is 12.6. The van der Waals surface area contributed by atoms with E-state index in [0.29, 0.717) is 0 Å². The summed E-state index contributed by atoms with van der Waals surface area (Å²) in [5, 5.41) is 18.4. The third-order valence-corrected chi connectivity index (χ3v) is 2.69. The number of hydrogen-bond donors (Lipinski definition) is 4. The van der Waals surface area contributed by atoms with Crippen molar-refractivity contribution in [2.75, 3.05) is 12.3 Å². The minimum Gasteiger partial charge on any atom is -0.394 e. The first-order valence-corrected chi connectivity index (χ1v) is 5.08. The summed E-state index contributed by atoms with van der Waals surface area (Å²) in [5.74, 6) is 0. The molecule has 2 rings (SSSR count). The maximum absolute atomic E-state index is 11.5. The molecular weight excluding hydrogens is 230 g/mol. The van der Waals surface area contributed by atoms with Gasteiger partial charge in [-0.1, -0.05) is 0 Å². The summed E-state index contributed by atoms with van der Waals surface area (Å²) in [4.78, 5) is 24.6. The number of nitrogens with two attached hydrogens (primary N) is 1. The van der Waals surface area contributed by atoms with Crippen LogP contribution in [0.2, 0.25) is 0 Å². The van der Waals surface area contributed by atoms with Gasteiger partial charge in [0.2, 0.25) is 0 Å². The van der Waals surface area contributed by atoms with Crippen LogP contribution < -0.4 is 17.0 Å². The minimum absolute atomic E-state index is 0.116. The van der Waals surface area contributed by atoms with Crippen molar-refractivity contribution in [1.82, 2.24) is 9.55 Å². The summed E-state index contributed by atoms with van der Waals surface area (Å²) in [7, 11) is 0. The molecule has 1 aromatic rings. The van der Waals surface area contributed by atoms with Gasteiger partial charge >= 0.3 is 5.69 Å². The predicted octanol–water partition coefficient (Wildman–Crippen LogP) is -2.24. The van der Waals surface area contributed by atoms with Crippen LogP contribution in [0, 0.1) is 0 Å². The molecule has 8 nitrogen and oxygen atoms in total. The van der Waals surface area contributed by atoms with Crippen molar-refractivity contribution < 1.29 is 14.9 Å². The van der Waals surface area contributed by atoms with E-state index in [1.807, 2.05) is 4.98 Å². The van der Waals surface area contributed by atoms with Crippen LogP contribution in [-0.4, -0.2) is 38.6 Å². The first kappa shape index (κ1) is 11.8. The zero-order valence-electron chi connectivity index (χ0n) is 8.87. The average Bonchev–Trinajstić information content (AvgIpc) is 2.65. The summed E-state index contributed by atoms with van der Waals surface area (Å²) in [6.07, 6.45) is -1.02. The Bertz CT molecular complexity index is 522. The van der Waals surface area contributed by atoms with Crippen molar-refractivity contribution >= 4 is 5.69 Å². The van der Waals surface area contributed by atoms with Crippen LogP contribution in [0.5, 0.6) is 0 Å². The highest BCUT2D eigenvalue weighted by Gasteiger charge is 2.34. The van der Waals surface area contributed by atoms with Gasteiger partial charge in [-0.3, -0.25) is 14.3 Å². The molecule has 3 atom stereocenters. The number of aromatic amines is 1. The number of aromatic nitrogens is 2. The largest absolute Gasteiger partial charge is 0.394 e. The van der Waals surface area contributed by atoms with Gasteiger partial charge in [-0.25, -0.2) is 4.79 Å². The average molecular weight is 243 g/mol. The van der Waals surface area contributed by atoms with Gasteiger partial charge in [-0.2, -0.15) is 0 Å². The van der Waals surface area contributed by atoms with Gasteiger partial charge in [-0.05, 0) is 0 Å². The molecule has 0 unspecified atom stereocenters. The fourth-order valence-electron chi connectivity index (χ4n) is 1.77. The summed E-state index contributed by atoms with van der Waals surface area (Å²) in [6, 6.07) is 0.